The number of amides is 2. The van der Waals surface area contributed by atoms with Crippen molar-refractivity contribution in [3.63, 3.8) is 0 Å². The molecule has 8 heteroatoms. The highest BCUT2D eigenvalue weighted by molar-refractivity contribution is 8.01. The first kappa shape index (κ1) is 21.5. The van der Waals surface area contributed by atoms with Crippen LogP contribution < -0.4 is 10.1 Å². The van der Waals surface area contributed by atoms with E-state index in [9.17, 15) is 19.5 Å². The predicted molar refractivity (Wildman–Crippen MR) is 111 cm³/mol. The number of thioether (sulfide) groups is 1. The summed E-state index contributed by atoms with van der Waals surface area (Å²) in [4.78, 5) is 37.9. The highest BCUT2D eigenvalue weighted by Crippen LogP contribution is 2.50. The number of rotatable bonds is 6. The molecule has 3 rings (SSSR count). The number of nitrogens with one attached hydrogen (secondary N) is 1. The Balaban J connectivity index is 1.58. The summed E-state index contributed by atoms with van der Waals surface area (Å²) in [6, 6.07) is 2.33. The van der Waals surface area contributed by atoms with Gasteiger partial charge in [0.15, 0.2) is 0 Å². The number of carbonyl (C=O) groups excluding carboxylic acids is 2. The standard InChI is InChI=1S/C21H28N2O5S/c1-10-7-14(8-11(2)13(10)4)28-12(3)9-15(24)22-16-18(25)23-17(20(26)27)21(5,6)29-19(16)23/h7-8,12,16-17,19H,9H2,1-6H3,(H,22,24)(H,26,27)/t12?,16-,17+,19-/m1/s1. The van der Waals surface area contributed by atoms with Gasteiger partial charge in [0.1, 0.15) is 29.3 Å². The van der Waals surface area contributed by atoms with Crippen LogP contribution in [0.25, 0.3) is 0 Å². The number of nitrogens with zero attached hydrogens (tertiary/aromatic N) is 1. The molecule has 1 aromatic carbocycles. The molecule has 0 radical (unpaired) electrons. The minimum atomic E-state index is -1.02. The lowest BCUT2D eigenvalue weighted by molar-refractivity contribution is -0.161. The molecule has 2 saturated heterocycles. The summed E-state index contributed by atoms with van der Waals surface area (Å²) in [6.45, 7) is 11.5. The van der Waals surface area contributed by atoms with Crippen molar-refractivity contribution in [3.05, 3.63) is 28.8 Å². The van der Waals surface area contributed by atoms with Crippen molar-refractivity contribution in [2.75, 3.05) is 0 Å². The number of aryl methyl sites for hydroxylation is 2. The Hall–Kier alpha value is -2.22. The average molecular weight is 421 g/mol. The lowest BCUT2D eigenvalue weighted by Gasteiger charge is -2.43. The summed E-state index contributed by atoms with van der Waals surface area (Å²) in [7, 11) is 0. The molecule has 7 nitrogen and oxygen atoms in total. The molecule has 1 unspecified atom stereocenters. The summed E-state index contributed by atoms with van der Waals surface area (Å²) >= 11 is 1.41. The van der Waals surface area contributed by atoms with Gasteiger partial charge in [0.2, 0.25) is 11.8 Å². The van der Waals surface area contributed by atoms with Crippen LogP contribution in [0.2, 0.25) is 0 Å². The van der Waals surface area contributed by atoms with Crippen LogP contribution >= 0.6 is 11.8 Å². The van der Waals surface area contributed by atoms with Crippen LogP contribution in [-0.4, -0.2) is 56.1 Å². The lowest BCUT2D eigenvalue weighted by Crippen LogP contribution is -2.70. The maximum absolute atomic E-state index is 12.5. The number of ether oxygens (including phenoxy) is 1. The Labute approximate surface area is 175 Å². The Bertz CT molecular complexity index is 846. The van der Waals surface area contributed by atoms with Crippen LogP contribution in [0.15, 0.2) is 12.1 Å². The number of aliphatic carboxylic acids is 1. The Kier molecular flexibility index (Phi) is 5.60. The van der Waals surface area contributed by atoms with Gasteiger partial charge >= 0.3 is 5.97 Å². The fourth-order valence-electron chi connectivity index (χ4n) is 3.98. The third-order valence-corrected chi connectivity index (χ3v) is 7.27. The molecule has 2 fully saturated rings. The van der Waals surface area contributed by atoms with Crippen molar-refractivity contribution in [3.8, 4) is 5.75 Å². The van der Waals surface area contributed by atoms with Crippen molar-refractivity contribution in [1.82, 2.24) is 10.2 Å². The second-order valence-corrected chi connectivity index (χ2v) is 10.2. The van der Waals surface area contributed by atoms with Crippen molar-refractivity contribution < 1.29 is 24.2 Å². The highest BCUT2D eigenvalue weighted by atomic mass is 32.2. The molecule has 2 heterocycles. The van der Waals surface area contributed by atoms with Gasteiger partial charge in [-0.2, -0.15) is 0 Å². The van der Waals surface area contributed by atoms with Gasteiger partial charge in [-0.3, -0.25) is 9.59 Å². The number of benzene rings is 1. The van der Waals surface area contributed by atoms with E-state index in [2.05, 4.69) is 12.2 Å². The van der Waals surface area contributed by atoms with Gasteiger partial charge < -0.3 is 20.1 Å². The first-order valence-electron chi connectivity index (χ1n) is 9.69. The van der Waals surface area contributed by atoms with Gasteiger partial charge in [0.25, 0.3) is 0 Å². The van der Waals surface area contributed by atoms with Gasteiger partial charge in [-0.15, -0.1) is 11.8 Å². The van der Waals surface area contributed by atoms with Gasteiger partial charge in [-0.05, 0) is 70.4 Å². The van der Waals surface area contributed by atoms with Crippen molar-refractivity contribution in [2.45, 2.75) is 76.3 Å². The average Bonchev–Trinajstić information content (AvgIpc) is 2.85. The number of β-lactam (4-membered cyclic amide) rings is 1. The minimum Gasteiger partial charge on any atom is -0.490 e. The molecule has 158 valence electrons. The summed E-state index contributed by atoms with van der Waals surface area (Å²) in [6.07, 6.45) is -0.249. The van der Waals surface area contributed by atoms with E-state index < -0.39 is 22.8 Å². The third kappa shape index (κ3) is 3.95. The molecule has 2 aliphatic heterocycles. The normalized spacial score (nSPS) is 25.8. The van der Waals surface area contributed by atoms with E-state index >= 15 is 0 Å². The smallest absolute Gasteiger partial charge is 0.327 e. The van der Waals surface area contributed by atoms with Crippen LogP contribution in [0.4, 0.5) is 0 Å². The van der Waals surface area contributed by atoms with E-state index in [-0.39, 0.29) is 29.7 Å². The van der Waals surface area contributed by atoms with Crippen LogP contribution in [-0.2, 0) is 14.4 Å². The molecule has 29 heavy (non-hydrogen) atoms. The maximum atomic E-state index is 12.5. The number of fused-ring (bicyclic) bond motifs is 1. The second-order valence-electron chi connectivity index (χ2n) is 8.46. The van der Waals surface area contributed by atoms with Gasteiger partial charge in [-0.25, -0.2) is 4.79 Å². The lowest BCUT2D eigenvalue weighted by atomic mass is 9.96. The largest absolute Gasteiger partial charge is 0.490 e. The zero-order valence-electron chi connectivity index (χ0n) is 17.6. The quantitative estimate of drug-likeness (QED) is 0.686. The summed E-state index contributed by atoms with van der Waals surface area (Å²) in [5, 5.41) is 11.9. The number of carbonyl (C=O) groups is 3. The monoisotopic (exact) mass is 420 g/mol. The zero-order valence-corrected chi connectivity index (χ0v) is 18.4. The summed E-state index contributed by atoms with van der Waals surface area (Å²) in [5.41, 5.74) is 3.48. The fraction of sp³-hybridized carbons (Fsp3) is 0.571. The summed E-state index contributed by atoms with van der Waals surface area (Å²) < 4.78 is 5.28. The molecule has 0 saturated carbocycles. The zero-order chi connectivity index (χ0) is 21.7. The van der Waals surface area contributed by atoms with E-state index in [1.165, 1.54) is 22.2 Å². The van der Waals surface area contributed by atoms with Crippen LogP contribution in [0.3, 0.4) is 0 Å². The van der Waals surface area contributed by atoms with Gasteiger partial charge in [0, 0.05) is 4.75 Å². The fourth-order valence-corrected chi connectivity index (χ4v) is 5.60. The SMILES string of the molecule is Cc1cc(OC(C)CC(=O)N[C@@H]2C(=O)N3[C@@H]2SC(C)(C)[C@@H]3C(=O)O)cc(C)c1C. The minimum absolute atomic E-state index is 0.110. The van der Waals surface area contributed by atoms with E-state index in [1.807, 2.05) is 46.8 Å². The van der Waals surface area contributed by atoms with Crippen LogP contribution in [0.1, 0.15) is 43.9 Å². The van der Waals surface area contributed by atoms with Crippen LogP contribution in [0.5, 0.6) is 5.75 Å². The molecule has 2 N–H and O–H groups in total. The molecule has 0 aromatic heterocycles. The first-order valence-corrected chi connectivity index (χ1v) is 10.6. The van der Waals surface area contributed by atoms with Gasteiger partial charge in [-0.1, -0.05) is 0 Å². The molecule has 0 spiro atoms. The molecule has 2 aliphatic rings. The molecule has 0 bridgehead atoms. The van der Waals surface area contributed by atoms with Crippen molar-refractivity contribution in [1.29, 1.82) is 0 Å². The van der Waals surface area contributed by atoms with Crippen molar-refractivity contribution in [2.24, 2.45) is 0 Å². The number of carboxylic acids is 1. The number of hydrogen-bond donors (Lipinski definition) is 2. The van der Waals surface area contributed by atoms with Crippen LogP contribution in [0, 0.1) is 20.8 Å². The molecule has 2 amide bonds. The molecular weight excluding hydrogens is 392 g/mol. The van der Waals surface area contributed by atoms with E-state index in [0.29, 0.717) is 5.75 Å². The number of hydrogen-bond acceptors (Lipinski definition) is 5. The maximum Gasteiger partial charge on any atom is 0.327 e. The Morgan fingerprint density at radius 2 is 1.86 bits per heavy atom. The third-order valence-electron chi connectivity index (χ3n) is 5.70. The molecule has 0 aliphatic carbocycles. The molecule has 4 atom stereocenters. The Morgan fingerprint density at radius 1 is 1.28 bits per heavy atom. The Morgan fingerprint density at radius 3 is 2.41 bits per heavy atom. The predicted octanol–water partition coefficient (Wildman–Crippen LogP) is 2.40. The molecule has 1 aromatic rings. The van der Waals surface area contributed by atoms with E-state index in [4.69, 9.17) is 4.74 Å². The first-order chi connectivity index (χ1) is 13.4. The molecular formula is C21H28N2O5S. The topological polar surface area (TPSA) is 95.9 Å². The highest BCUT2D eigenvalue weighted by Gasteiger charge is 2.64. The van der Waals surface area contributed by atoms with Gasteiger partial charge in [0.05, 0.1) is 6.42 Å². The van der Waals surface area contributed by atoms with E-state index in [0.717, 1.165) is 11.1 Å². The number of carboxylic acid groups (broad SMARTS) is 1. The summed E-state index contributed by atoms with van der Waals surface area (Å²) in [5.74, 6) is -0.927. The van der Waals surface area contributed by atoms with E-state index in [1.54, 1.807) is 0 Å². The van der Waals surface area contributed by atoms with Crippen molar-refractivity contribution >= 4 is 29.5 Å². The second kappa shape index (κ2) is 7.55.